The molecule has 12 heavy (non-hydrogen) atoms. The number of halogens is 1. The van der Waals surface area contributed by atoms with Gasteiger partial charge in [-0.05, 0) is 6.07 Å². The minimum atomic E-state index is 0.269. The molecular weight excluding hydrogens is 178 g/mol. The van der Waals surface area contributed by atoms with Crippen molar-refractivity contribution >= 4 is 11.6 Å². The molecular formula is C8H10ClNO2. The monoisotopic (exact) mass is 187 g/mol. The Kier molecular flexibility index (Phi) is 4.00. The lowest BCUT2D eigenvalue weighted by Gasteiger charge is -2.03. The normalized spacial score (nSPS) is 10.2. The zero-order chi connectivity index (χ0) is 8.81. The Morgan fingerprint density at radius 1 is 1.58 bits per heavy atom. The van der Waals surface area contributed by atoms with Crippen molar-refractivity contribution in [2.24, 2.45) is 0 Å². The van der Waals surface area contributed by atoms with Gasteiger partial charge in [-0.1, -0.05) is 17.7 Å². The predicted molar refractivity (Wildman–Crippen MR) is 45.9 cm³/mol. The molecule has 0 aromatic carbocycles. The van der Waals surface area contributed by atoms with Crippen LogP contribution in [-0.2, 0) is 16.1 Å². The highest BCUT2D eigenvalue weighted by atomic mass is 35.5. The lowest BCUT2D eigenvalue weighted by molar-refractivity contribution is -0.0391. The predicted octanol–water partition coefficient (Wildman–Crippen LogP) is 1.86. The molecule has 0 saturated carbocycles. The molecule has 66 valence electrons. The summed E-state index contributed by atoms with van der Waals surface area (Å²) in [5.41, 5.74) is 0.871. The van der Waals surface area contributed by atoms with Crippen molar-refractivity contribution in [2.75, 3.05) is 13.9 Å². The highest BCUT2D eigenvalue weighted by Gasteiger charge is 1.98. The van der Waals surface area contributed by atoms with Gasteiger partial charge in [-0.3, -0.25) is 0 Å². The van der Waals surface area contributed by atoms with Gasteiger partial charge in [0.2, 0.25) is 0 Å². The Morgan fingerprint density at radius 2 is 2.42 bits per heavy atom. The second-order valence-corrected chi connectivity index (χ2v) is 2.57. The first-order valence-electron chi connectivity index (χ1n) is 3.50. The lowest BCUT2D eigenvalue weighted by Crippen LogP contribution is -1.97. The van der Waals surface area contributed by atoms with Crippen LogP contribution in [0.1, 0.15) is 5.56 Å². The summed E-state index contributed by atoms with van der Waals surface area (Å²) < 4.78 is 9.82. The minimum absolute atomic E-state index is 0.269. The van der Waals surface area contributed by atoms with E-state index in [1.54, 1.807) is 13.3 Å². The van der Waals surface area contributed by atoms with E-state index >= 15 is 0 Å². The number of aromatic nitrogens is 1. The van der Waals surface area contributed by atoms with Gasteiger partial charge in [0.1, 0.15) is 11.9 Å². The van der Waals surface area contributed by atoms with E-state index in [1.165, 1.54) is 0 Å². The third kappa shape index (κ3) is 2.77. The average Bonchev–Trinajstić information content (AvgIpc) is 2.09. The third-order valence-corrected chi connectivity index (χ3v) is 1.64. The summed E-state index contributed by atoms with van der Waals surface area (Å²) in [6, 6.07) is 3.68. The Bertz CT molecular complexity index is 242. The standard InChI is InChI=1S/C8H10ClNO2/c1-11-6-12-5-7-3-2-4-10-8(7)9/h2-4H,5-6H2,1H3. The fourth-order valence-electron chi connectivity index (χ4n) is 0.762. The molecule has 0 saturated heterocycles. The summed E-state index contributed by atoms with van der Waals surface area (Å²) in [6.45, 7) is 0.700. The van der Waals surface area contributed by atoms with Gasteiger partial charge < -0.3 is 9.47 Å². The molecule has 0 atom stereocenters. The number of methoxy groups -OCH3 is 1. The fourth-order valence-corrected chi connectivity index (χ4v) is 0.936. The van der Waals surface area contributed by atoms with Crippen molar-refractivity contribution in [1.82, 2.24) is 4.98 Å². The number of nitrogens with zero attached hydrogens (tertiary/aromatic N) is 1. The van der Waals surface area contributed by atoms with Crippen LogP contribution < -0.4 is 0 Å². The molecule has 4 heteroatoms. The van der Waals surface area contributed by atoms with Crippen LogP contribution in [0.5, 0.6) is 0 Å². The molecule has 3 nitrogen and oxygen atoms in total. The number of pyridine rings is 1. The van der Waals surface area contributed by atoms with Gasteiger partial charge in [0, 0.05) is 18.9 Å². The first-order chi connectivity index (χ1) is 5.84. The maximum atomic E-state index is 5.77. The van der Waals surface area contributed by atoms with E-state index in [0.717, 1.165) is 5.56 Å². The Morgan fingerprint density at radius 3 is 3.08 bits per heavy atom. The SMILES string of the molecule is COCOCc1cccnc1Cl. The van der Waals surface area contributed by atoms with Gasteiger partial charge in [0.05, 0.1) is 6.61 Å². The minimum Gasteiger partial charge on any atom is -0.359 e. The average molecular weight is 188 g/mol. The number of rotatable bonds is 4. The molecule has 0 radical (unpaired) electrons. The second-order valence-electron chi connectivity index (χ2n) is 2.21. The summed E-state index contributed by atoms with van der Waals surface area (Å²) in [6.07, 6.45) is 1.64. The van der Waals surface area contributed by atoms with Crippen LogP contribution in [0, 0.1) is 0 Å². The zero-order valence-corrected chi connectivity index (χ0v) is 7.54. The number of hydrogen-bond donors (Lipinski definition) is 0. The second kappa shape index (κ2) is 5.09. The summed E-state index contributed by atoms with van der Waals surface area (Å²) in [5.74, 6) is 0. The molecule has 0 unspecified atom stereocenters. The van der Waals surface area contributed by atoms with Crippen LogP contribution in [0.3, 0.4) is 0 Å². The van der Waals surface area contributed by atoms with E-state index in [0.29, 0.717) is 11.8 Å². The maximum Gasteiger partial charge on any atom is 0.146 e. The maximum absolute atomic E-state index is 5.77. The van der Waals surface area contributed by atoms with Crippen LogP contribution in [0.2, 0.25) is 5.15 Å². The highest BCUT2D eigenvalue weighted by Crippen LogP contribution is 2.11. The van der Waals surface area contributed by atoms with Crippen molar-refractivity contribution in [3.63, 3.8) is 0 Å². The van der Waals surface area contributed by atoms with E-state index in [-0.39, 0.29) is 6.79 Å². The van der Waals surface area contributed by atoms with Crippen molar-refractivity contribution in [3.8, 4) is 0 Å². The molecule has 0 bridgehead atoms. The summed E-state index contributed by atoms with van der Waals surface area (Å²) in [5, 5.41) is 0.480. The molecule has 0 spiro atoms. The molecule has 0 amide bonds. The van der Waals surface area contributed by atoms with Crippen molar-refractivity contribution < 1.29 is 9.47 Å². The largest absolute Gasteiger partial charge is 0.359 e. The van der Waals surface area contributed by atoms with Crippen LogP contribution in [0.15, 0.2) is 18.3 Å². The smallest absolute Gasteiger partial charge is 0.146 e. The molecule has 1 aromatic heterocycles. The quantitative estimate of drug-likeness (QED) is 0.410. The molecule has 1 rings (SSSR count). The van der Waals surface area contributed by atoms with Gasteiger partial charge in [-0.15, -0.1) is 0 Å². The molecule has 0 aliphatic rings. The molecule has 1 heterocycles. The fraction of sp³-hybridized carbons (Fsp3) is 0.375. The van der Waals surface area contributed by atoms with Crippen LogP contribution in [0.25, 0.3) is 0 Å². The highest BCUT2D eigenvalue weighted by molar-refractivity contribution is 6.30. The van der Waals surface area contributed by atoms with Crippen LogP contribution in [-0.4, -0.2) is 18.9 Å². The first kappa shape index (κ1) is 9.45. The third-order valence-electron chi connectivity index (χ3n) is 1.30. The van der Waals surface area contributed by atoms with E-state index in [9.17, 15) is 0 Å². The molecule has 0 fully saturated rings. The number of ether oxygens (including phenoxy) is 2. The van der Waals surface area contributed by atoms with Gasteiger partial charge in [0.25, 0.3) is 0 Å². The van der Waals surface area contributed by atoms with Crippen molar-refractivity contribution in [1.29, 1.82) is 0 Å². The molecule has 0 N–H and O–H groups in total. The number of hydrogen-bond acceptors (Lipinski definition) is 3. The Labute approximate surface area is 76.3 Å². The Hall–Kier alpha value is -0.640. The molecule has 0 aliphatic carbocycles. The van der Waals surface area contributed by atoms with Gasteiger partial charge >= 0.3 is 0 Å². The molecule has 1 aromatic rings. The topological polar surface area (TPSA) is 31.4 Å². The first-order valence-corrected chi connectivity index (χ1v) is 3.88. The van der Waals surface area contributed by atoms with Crippen LogP contribution in [0.4, 0.5) is 0 Å². The summed E-state index contributed by atoms with van der Waals surface area (Å²) >= 11 is 5.77. The van der Waals surface area contributed by atoms with E-state index < -0.39 is 0 Å². The zero-order valence-electron chi connectivity index (χ0n) is 6.79. The lowest BCUT2D eigenvalue weighted by atomic mass is 10.3. The van der Waals surface area contributed by atoms with Crippen molar-refractivity contribution in [2.45, 2.75) is 6.61 Å². The van der Waals surface area contributed by atoms with E-state index in [1.807, 2.05) is 12.1 Å². The summed E-state index contributed by atoms with van der Waals surface area (Å²) in [4.78, 5) is 3.90. The summed E-state index contributed by atoms with van der Waals surface area (Å²) in [7, 11) is 1.57. The van der Waals surface area contributed by atoms with Crippen molar-refractivity contribution in [3.05, 3.63) is 29.0 Å². The van der Waals surface area contributed by atoms with Gasteiger partial charge in [-0.2, -0.15) is 0 Å². The van der Waals surface area contributed by atoms with Gasteiger partial charge in [0.15, 0.2) is 0 Å². The molecule has 0 aliphatic heterocycles. The van der Waals surface area contributed by atoms with Gasteiger partial charge in [-0.25, -0.2) is 4.98 Å². The van der Waals surface area contributed by atoms with Crippen LogP contribution >= 0.6 is 11.6 Å². The Balaban J connectivity index is 2.46. The van der Waals surface area contributed by atoms with E-state index in [2.05, 4.69) is 4.98 Å². The van der Waals surface area contributed by atoms with E-state index in [4.69, 9.17) is 21.1 Å².